The number of nitrogens with zero attached hydrogens (tertiary/aromatic N) is 3. The standard InChI is InChI=1S/C25H27FN4O5/c26-19-10-17(23-18(11-19)14-34-15-35-23)13-30-21-12-16(4-5-20(21)22(28-33)25(30)32)24(31)27-6-9-29-7-2-1-3-8-29/h4-5,10-12,33H,1-3,6-9,13-15H2,(H,27,31)/b28-22-. The largest absolute Gasteiger partial charge is 0.467 e. The molecule has 0 bridgehead atoms. The molecule has 3 aliphatic heterocycles. The first-order valence-electron chi connectivity index (χ1n) is 11.8. The Morgan fingerprint density at radius 2 is 2.00 bits per heavy atom. The van der Waals surface area contributed by atoms with Crippen molar-refractivity contribution >= 4 is 23.2 Å². The van der Waals surface area contributed by atoms with Crippen molar-refractivity contribution in [3.8, 4) is 5.75 Å². The first kappa shape index (κ1) is 23.3. The van der Waals surface area contributed by atoms with Crippen LogP contribution in [0.15, 0.2) is 35.5 Å². The first-order chi connectivity index (χ1) is 17.0. The van der Waals surface area contributed by atoms with Crippen LogP contribution < -0.4 is 15.0 Å². The summed E-state index contributed by atoms with van der Waals surface area (Å²) in [6.45, 7) is 3.62. The fourth-order valence-corrected chi connectivity index (χ4v) is 4.86. The number of amides is 2. The summed E-state index contributed by atoms with van der Waals surface area (Å²) in [7, 11) is 0. The van der Waals surface area contributed by atoms with Crippen LogP contribution in [0.2, 0.25) is 0 Å². The van der Waals surface area contributed by atoms with Gasteiger partial charge < -0.3 is 29.8 Å². The van der Waals surface area contributed by atoms with Gasteiger partial charge in [0.25, 0.3) is 11.8 Å². The maximum atomic E-state index is 14.3. The smallest absolute Gasteiger partial charge is 0.281 e. The normalized spacial score (nSPS) is 18.8. The molecule has 1 saturated heterocycles. The van der Waals surface area contributed by atoms with Gasteiger partial charge in [0.1, 0.15) is 11.6 Å². The summed E-state index contributed by atoms with van der Waals surface area (Å²) in [4.78, 5) is 29.6. The zero-order valence-electron chi connectivity index (χ0n) is 19.3. The van der Waals surface area contributed by atoms with E-state index in [1.165, 1.54) is 36.3 Å². The van der Waals surface area contributed by atoms with E-state index in [0.717, 1.165) is 19.6 Å². The van der Waals surface area contributed by atoms with Crippen molar-refractivity contribution < 1.29 is 28.7 Å². The van der Waals surface area contributed by atoms with Gasteiger partial charge in [-0.05, 0) is 56.3 Å². The summed E-state index contributed by atoms with van der Waals surface area (Å²) in [6.07, 6.45) is 3.62. The maximum Gasteiger partial charge on any atom is 0.281 e. The van der Waals surface area contributed by atoms with E-state index in [1.54, 1.807) is 18.2 Å². The fraction of sp³-hybridized carbons (Fsp3) is 0.400. The number of carbonyl (C=O) groups is 2. The number of likely N-dealkylation sites (tertiary alicyclic amines) is 1. The zero-order valence-corrected chi connectivity index (χ0v) is 19.3. The monoisotopic (exact) mass is 482 g/mol. The number of carbonyl (C=O) groups excluding carboxylic acids is 2. The van der Waals surface area contributed by atoms with Gasteiger partial charge in [-0.25, -0.2) is 4.39 Å². The van der Waals surface area contributed by atoms with E-state index in [0.29, 0.717) is 40.2 Å². The Labute approximate surface area is 202 Å². The van der Waals surface area contributed by atoms with Crippen LogP contribution in [-0.4, -0.2) is 60.6 Å². The molecule has 0 aliphatic carbocycles. The van der Waals surface area contributed by atoms with Crippen molar-refractivity contribution in [1.82, 2.24) is 10.2 Å². The molecule has 0 aromatic heterocycles. The summed E-state index contributed by atoms with van der Waals surface area (Å²) >= 11 is 0. The third-order valence-corrected chi connectivity index (χ3v) is 6.60. The van der Waals surface area contributed by atoms with Crippen LogP contribution >= 0.6 is 0 Å². The Morgan fingerprint density at radius 1 is 1.17 bits per heavy atom. The molecule has 184 valence electrons. The number of anilines is 1. The van der Waals surface area contributed by atoms with Crippen LogP contribution in [0.5, 0.6) is 5.75 Å². The van der Waals surface area contributed by atoms with Crippen LogP contribution in [0.4, 0.5) is 10.1 Å². The molecular weight excluding hydrogens is 455 g/mol. The minimum Gasteiger partial charge on any atom is -0.467 e. The molecule has 0 atom stereocenters. The average molecular weight is 483 g/mol. The minimum atomic E-state index is -0.546. The Hall–Kier alpha value is -3.50. The third kappa shape index (κ3) is 4.71. The Kier molecular flexibility index (Phi) is 6.65. The third-order valence-electron chi connectivity index (χ3n) is 6.60. The van der Waals surface area contributed by atoms with E-state index < -0.39 is 11.7 Å². The van der Waals surface area contributed by atoms with Gasteiger partial charge >= 0.3 is 0 Å². The molecule has 0 spiro atoms. The second kappa shape index (κ2) is 10.0. The molecular formula is C25H27FN4O5. The summed E-state index contributed by atoms with van der Waals surface area (Å²) < 4.78 is 25.1. The lowest BCUT2D eigenvalue weighted by atomic mass is 10.1. The number of ether oxygens (including phenoxy) is 2. The molecule has 2 amide bonds. The maximum absolute atomic E-state index is 14.3. The van der Waals surface area contributed by atoms with Gasteiger partial charge in [-0.15, -0.1) is 0 Å². The van der Waals surface area contributed by atoms with E-state index in [1.807, 2.05) is 0 Å². The number of benzene rings is 2. The molecule has 2 aromatic rings. The highest BCUT2D eigenvalue weighted by molar-refractivity contribution is 6.54. The van der Waals surface area contributed by atoms with Crippen LogP contribution in [0, 0.1) is 5.82 Å². The van der Waals surface area contributed by atoms with Gasteiger partial charge in [0, 0.05) is 35.3 Å². The predicted octanol–water partition coefficient (Wildman–Crippen LogP) is 2.63. The molecule has 0 saturated carbocycles. The topological polar surface area (TPSA) is 104 Å². The van der Waals surface area contributed by atoms with E-state index in [4.69, 9.17) is 9.47 Å². The SMILES string of the molecule is O=C(NCCN1CCCCC1)c1ccc2c(c1)N(Cc1cc(F)cc3c1OCOC3)C(=O)/C2=N\O. The molecule has 2 aromatic carbocycles. The van der Waals surface area contributed by atoms with Crippen molar-refractivity contribution in [3.63, 3.8) is 0 Å². The summed E-state index contributed by atoms with van der Waals surface area (Å²) in [5, 5.41) is 15.6. The van der Waals surface area contributed by atoms with Crippen LogP contribution in [0.3, 0.4) is 0 Å². The molecule has 0 radical (unpaired) electrons. The van der Waals surface area contributed by atoms with Crippen molar-refractivity contribution in [1.29, 1.82) is 0 Å². The highest BCUT2D eigenvalue weighted by atomic mass is 19.1. The Morgan fingerprint density at radius 3 is 2.80 bits per heavy atom. The van der Waals surface area contributed by atoms with Gasteiger partial charge in [-0.1, -0.05) is 11.6 Å². The molecule has 9 nitrogen and oxygen atoms in total. The number of hydrogen-bond donors (Lipinski definition) is 2. The number of hydrogen-bond acceptors (Lipinski definition) is 7. The van der Waals surface area contributed by atoms with Gasteiger partial charge in [0.05, 0.1) is 18.8 Å². The number of piperidine rings is 1. The minimum absolute atomic E-state index is 0.0228. The van der Waals surface area contributed by atoms with E-state index in [-0.39, 0.29) is 31.6 Å². The van der Waals surface area contributed by atoms with E-state index >= 15 is 0 Å². The predicted molar refractivity (Wildman–Crippen MR) is 125 cm³/mol. The molecule has 2 N–H and O–H groups in total. The number of rotatable bonds is 6. The molecule has 5 rings (SSSR count). The van der Waals surface area contributed by atoms with Gasteiger partial charge in [-0.3, -0.25) is 9.59 Å². The molecule has 3 heterocycles. The van der Waals surface area contributed by atoms with Crippen molar-refractivity contribution in [2.75, 3.05) is 37.9 Å². The Balaban J connectivity index is 1.37. The molecule has 35 heavy (non-hydrogen) atoms. The second-order valence-corrected chi connectivity index (χ2v) is 8.89. The molecule has 3 aliphatic rings. The summed E-state index contributed by atoms with van der Waals surface area (Å²) in [5.41, 5.74) is 2.07. The van der Waals surface area contributed by atoms with E-state index in [9.17, 15) is 19.2 Å². The quantitative estimate of drug-likeness (QED) is 0.485. The summed E-state index contributed by atoms with van der Waals surface area (Å²) in [5.74, 6) is -0.809. The zero-order chi connectivity index (χ0) is 24.4. The highest BCUT2D eigenvalue weighted by Gasteiger charge is 2.36. The number of oxime groups is 1. The first-order valence-corrected chi connectivity index (χ1v) is 11.8. The van der Waals surface area contributed by atoms with Crippen LogP contribution in [-0.2, 0) is 22.7 Å². The Bertz CT molecular complexity index is 1180. The fourth-order valence-electron chi connectivity index (χ4n) is 4.86. The van der Waals surface area contributed by atoms with Gasteiger partial charge in [0.15, 0.2) is 12.5 Å². The summed E-state index contributed by atoms with van der Waals surface area (Å²) in [6, 6.07) is 7.43. The van der Waals surface area contributed by atoms with Crippen molar-refractivity contribution in [3.05, 3.63) is 58.4 Å². The lowest BCUT2D eigenvalue weighted by molar-refractivity contribution is -0.112. The van der Waals surface area contributed by atoms with Gasteiger partial charge in [0.2, 0.25) is 0 Å². The van der Waals surface area contributed by atoms with E-state index in [2.05, 4.69) is 15.4 Å². The second-order valence-electron chi connectivity index (χ2n) is 8.89. The van der Waals surface area contributed by atoms with Crippen LogP contribution in [0.25, 0.3) is 0 Å². The molecule has 10 heteroatoms. The highest BCUT2D eigenvalue weighted by Crippen LogP contribution is 2.36. The van der Waals surface area contributed by atoms with Gasteiger partial charge in [-0.2, -0.15) is 0 Å². The van der Waals surface area contributed by atoms with Crippen molar-refractivity contribution in [2.45, 2.75) is 32.4 Å². The van der Waals surface area contributed by atoms with Crippen molar-refractivity contribution in [2.24, 2.45) is 5.16 Å². The lowest BCUT2D eigenvalue weighted by Gasteiger charge is -2.26. The molecule has 0 unspecified atom stereocenters. The molecule has 1 fully saturated rings. The average Bonchev–Trinajstić information content (AvgIpc) is 3.14. The number of fused-ring (bicyclic) bond motifs is 2. The number of halogens is 1. The number of nitrogens with one attached hydrogen (secondary N) is 1. The lowest BCUT2D eigenvalue weighted by Crippen LogP contribution is -2.37. The van der Waals surface area contributed by atoms with Crippen LogP contribution in [0.1, 0.15) is 46.3 Å².